The van der Waals surface area contributed by atoms with E-state index >= 15 is 0 Å². The quantitative estimate of drug-likeness (QED) is 0.755. The monoisotopic (exact) mass is 409 g/mol. The number of hydrogen-bond acceptors (Lipinski definition) is 3. The van der Waals surface area contributed by atoms with Gasteiger partial charge >= 0.3 is 6.18 Å². The molecule has 4 rings (SSSR count). The summed E-state index contributed by atoms with van der Waals surface area (Å²) < 4.78 is 38.3. The first kappa shape index (κ1) is 20.2. The van der Waals surface area contributed by atoms with Gasteiger partial charge in [0.25, 0.3) is 0 Å². The Morgan fingerprint density at radius 1 is 1.14 bits per heavy atom. The normalized spacial score (nSPS) is 24.2. The van der Waals surface area contributed by atoms with Gasteiger partial charge < -0.3 is 14.7 Å². The fraction of sp³-hybridized carbons (Fsp3) is 0.619. The highest BCUT2D eigenvalue weighted by molar-refractivity contribution is 5.98. The number of para-hydroxylation sites is 1. The number of carbonyl (C=O) groups is 2. The van der Waals surface area contributed by atoms with Gasteiger partial charge in [0.05, 0.1) is 5.92 Å². The molecule has 1 spiro atoms. The van der Waals surface area contributed by atoms with Crippen molar-refractivity contribution in [2.24, 2.45) is 11.3 Å². The number of hydrogen-bond donors (Lipinski definition) is 0. The molecule has 0 bridgehead atoms. The molecule has 1 atom stereocenters. The van der Waals surface area contributed by atoms with Crippen LogP contribution in [-0.2, 0) is 16.0 Å². The predicted octanol–water partition coefficient (Wildman–Crippen LogP) is 2.70. The molecule has 0 saturated carbocycles. The van der Waals surface area contributed by atoms with Crippen LogP contribution in [0.2, 0.25) is 0 Å². The van der Waals surface area contributed by atoms with Crippen molar-refractivity contribution < 1.29 is 22.8 Å². The van der Waals surface area contributed by atoms with Crippen LogP contribution in [0.15, 0.2) is 24.3 Å². The van der Waals surface area contributed by atoms with Gasteiger partial charge in [0, 0.05) is 30.7 Å². The first-order valence-electron chi connectivity index (χ1n) is 10.1. The summed E-state index contributed by atoms with van der Waals surface area (Å²) in [6.45, 7) is 2.46. The number of nitrogens with zero attached hydrogens (tertiary/aromatic N) is 3. The minimum Gasteiger partial charge on any atom is -0.341 e. The van der Waals surface area contributed by atoms with Crippen LogP contribution in [0, 0.1) is 11.3 Å². The van der Waals surface area contributed by atoms with E-state index in [1.807, 2.05) is 31.3 Å². The highest BCUT2D eigenvalue weighted by Gasteiger charge is 2.54. The second-order valence-electron chi connectivity index (χ2n) is 8.65. The van der Waals surface area contributed by atoms with Gasteiger partial charge in [0.1, 0.15) is 6.42 Å². The fourth-order valence-corrected chi connectivity index (χ4v) is 5.11. The van der Waals surface area contributed by atoms with Gasteiger partial charge in [0.2, 0.25) is 11.8 Å². The van der Waals surface area contributed by atoms with Gasteiger partial charge in [-0.15, -0.1) is 0 Å². The van der Waals surface area contributed by atoms with Gasteiger partial charge in [-0.3, -0.25) is 9.59 Å². The topological polar surface area (TPSA) is 43.9 Å². The molecule has 29 heavy (non-hydrogen) atoms. The van der Waals surface area contributed by atoms with Crippen molar-refractivity contribution >= 4 is 17.5 Å². The van der Waals surface area contributed by atoms with E-state index in [0.717, 1.165) is 30.8 Å². The Bertz CT molecular complexity index is 803. The van der Waals surface area contributed by atoms with Crippen LogP contribution in [0.3, 0.4) is 0 Å². The van der Waals surface area contributed by atoms with E-state index in [1.54, 1.807) is 4.90 Å². The molecule has 8 heteroatoms. The summed E-state index contributed by atoms with van der Waals surface area (Å²) in [6.07, 6.45) is -3.79. The summed E-state index contributed by atoms with van der Waals surface area (Å²) in [4.78, 5) is 31.1. The van der Waals surface area contributed by atoms with Crippen LogP contribution in [0.5, 0.6) is 0 Å². The first-order valence-corrected chi connectivity index (χ1v) is 10.1. The van der Waals surface area contributed by atoms with Crippen molar-refractivity contribution in [1.29, 1.82) is 0 Å². The lowest BCUT2D eigenvalue weighted by Gasteiger charge is -2.41. The molecule has 3 aliphatic heterocycles. The number of halogens is 3. The van der Waals surface area contributed by atoms with Crippen molar-refractivity contribution in [3.63, 3.8) is 0 Å². The summed E-state index contributed by atoms with van der Waals surface area (Å²) in [6, 6.07) is 7.76. The zero-order valence-electron chi connectivity index (χ0n) is 16.5. The molecule has 1 aromatic carbocycles. The lowest BCUT2D eigenvalue weighted by molar-refractivity contribution is -0.161. The Kier molecular flexibility index (Phi) is 5.09. The summed E-state index contributed by atoms with van der Waals surface area (Å²) >= 11 is 0. The van der Waals surface area contributed by atoms with E-state index in [2.05, 4.69) is 4.90 Å². The third-order valence-corrected chi connectivity index (χ3v) is 6.79. The first-order chi connectivity index (χ1) is 13.7. The number of likely N-dealkylation sites (tertiary alicyclic amines) is 2. The zero-order chi connectivity index (χ0) is 20.8. The number of fused-ring (bicyclic) bond motifs is 1. The number of carbonyl (C=O) groups excluding carboxylic acids is 2. The van der Waals surface area contributed by atoms with Gasteiger partial charge in [-0.2, -0.15) is 13.2 Å². The van der Waals surface area contributed by atoms with Gasteiger partial charge in [-0.25, -0.2) is 0 Å². The molecule has 3 aliphatic rings. The van der Waals surface area contributed by atoms with Crippen LogP contribution in [0.1, 0.15) is 24.8 Å². The molecule has 0 radical (unpaired) electrons. The number of rotatable bonds is 2. The van der Waals surface area contributed by atoms with E-state index in [-0.39, 0.29) is 19.0 Å². The average molecular weight is 409 g/mol. The van der Waals surface area contributed by atoms with Crippen molar-refractivity contribution in [2.75, 3.05) is 44.7 Å². The van der Waals surface area contributed by atoms with Crippen molar-refractivity contribution in [3.05, 3.63) is 29.8 Å². The highest BCUT2D eigenvalue weighted by atomic mass is 19.4. The number of anilines is 1. The molecule has 2 saturated heterocycles. The summed E-state index contributed by atoms with van der Waals surface area (Å²) in [5.74, 6) is -1.44. The van der Waals surface area contributed by atoms with E-state index < -0.39 is 29.8 Å². The van der Waals surface area contributed by atoms with Crippen molar-refractivity contribution in [1.82, 2.24) is 9.80 Å². The summed E-state index contributed by atoms with van der Waals surface area (Å²) in [5, 5.41) is 0. The molecule has 5 nitrogen and oxygen atoms in total. The number of alkyl halides is 3. The third-order valence-electron chi connectivity index (χ3n) is 6.79. The lowest BCUT2D eigenvalue weighted by atomic mass is 9.70. The predicted molar refractivity (Wildman–Crippen MR) is 102 cm³/mol. The van der Waals surface area contributed by atoms with Crippen LogP contribution in [0.4, 0.5) is 18.9 Å². The van der Waals surface area contributed by atoms with E-state index in [0.29, 0.717) is 19.4 Å². The Balaban J connectivity index is 1.59. The molecule has 2 amide bonds. The van der Waals surface area contributed by atoms with Crippen molar-refractivity contribution in [3.8, 4) is 0 Å². The van der Waals surface area contributed by atoms with E-state index in [4.69, 9.17) is 0 Å². The molecule has 0 N–H and O–H groups in total. The molecular formula is C21H26F3N3O2. The standard InChI is InChI=1S/C21H26F3N3O2/c1-25-10-7-20(8-11-25)14-26(18(28)12-21(22,23)24)13-16(20)19(29)27-9-6-15-4-2-3-5-17(15)27/h2-5,16H,6-14H2,1H3. The fourth-order valence-electron chi connectivity index (χ4n) is 5.11. The Labute approximate surface area is 168 Å². The Morgan fingerprint density at radius 3 is 2.52 bits per heavy atom. The zero-order valence-corrected chi connectivity index (χ0v) is 16.5. The number of benzene rings is 1. The lowest BCUT2D eigenvalue weighted by Crippen LogP contribution is -2.48. The molecular weight excluding hydrogens is 383 g/mol. The van der Waals surface area contributed by atoms with E-state index in [9.17, 15) is 22.8 Å². The van der Waals surface area contributed by atoms with Gasteiger partial charge in [-0.1, -0.05) is 18.2 Å². The maximum Gasteiger partial charge on any atom is 0.397 e. The summed E-state index contributed by atoms with van der Waals surface area (Å²) in [7, 11) is 2.00. The SMILES string of the molecule is CN1CCC2(CC1)CN(C(=O)CC(F)(F)F)CC2C(=O)N1CCc2ccccc21. The maximum atomic E-state index is 13.6. The third kappa shape index (κ3) is 3.86. The molecule has 0 aromatic heterocycles. The second-order valence-corrected chi connectivity index (χ2v) is 8.65. The van der Waals surface area contributed by atoms with Crippen LogP contribution in [-0.4, -0.2) is 67.6 Å². The second kappa shape index (κ2) is 7.31. The highest BCUT2D eigenvalue weighted by Crippen LogP contribution is 2.47. The van der Waals surface area contributed by atoms with Gasteiger partial charge in [0.15, 0.2) is 0 Å². The van der Waals surface area contributed by atoms with Gasteiger partial charge in [-0.05, 0) is 51.0 Å². The van der Waals surface area contributed by atoms with E-state index in [1.165, 1.54) is 4.90 Å². The summed E-state index contributed by atoms with van der Waals surface area (Å²) in [5.41, 5.74) is 1.56. The maximum absolute atomic E-state index is 13.6. The molecule has 1 aromatic rings. The minimum absolute atomic E-state index is 0.0539. The molecule has 1 unspecified atom stereocenters. The smallest absolute Gasteiger partial charge is 0.341 e. The molecule has 0 aliphatic carbocycles. The van der Waals surface area contributed by atoms with Crippen LogP contribution >= 0.6 is 0 Å². The van der Waals surface area contributed by atoms with Crippen LogP contribution < -0.4 is 4.90 Å². The number of piperidine rings is 1. The van der Waals surface area contributed by atoms with Crippen molar-refractivity contribution in [2.45, 2.75) is 31.9 Å². The Morgan fingerprint density at radius 2 is 1.83 bits per heavy atom. The Hall–Kier alpha value is -2.09. The molecule has 3 heterocycles. The minimum atomic E-state index is -4.53. The molecule has 2 fully saturated rings. The largest absolute Gasteiger partial charge is 0.397 e. The average Bonchev–Trinajstić information content (AvgIpc) is 3.25. The van der Waals surface area contributed by atoms with Crippen LogP contribution in [0.25, 0.3) is 0 Å². The molecule has 158 valence electrons. The number of amides is 2.